The number of rotatable bonds is 4. The number of hydrogen-bond acceptors (Lipinski definition) is 4. The number of ketones is 1. The number of amides is 2. The summed E-state index contributed by atoms with van der Waals surface area (Å²) in [5, 5.41) is 0. The Morgan fingerprint density at radius 1 is 0.923 bits per heavy atom. The molecule has 0 radical (unpaired) electrons. The summed E-state index contributed by atoms with van der Waals surface area (Å²) in [5.41, 5.74) is 1.21. The Labute approximate surface area is 155 Å². The van der Waals surface area contributed by atoms with Gasteiger partial charge in [-0.2, -0.15) is 0 Å². The van der Waals surface area contributed by atoms with Gasteiger partial charge in [-0.1, -0.05) is 29.8 Å². The number of carbonyl (C=O) groups is 3. The van der Waals surface area contributed by atoms with E-state index in [1.165, 1.54) is 0 Å². The van der Waals surface area contributed by atoms with Crippen LogP contribution in [0.15, 0.2) is 24.3 Å². The second-order valence-electron chi connectivity index (χ2n) is 7.64. The lowest BCUT2D eigenvalue weighted by Crippen LogP contribution is -2.51. The molecule has 0 atom stereocenters. The summed E-state index contributed by atoms with van der Waals surface area (Å²) in [6.07, 6.45) is 0.0481. The van der Waals surface area contributed by atoms with Gasteiger partial charge in [-0.05, 0) is 27.7 Å². The van der Waals surface area contributed by atoms with Crippen molar-refractivity contribution in [2.24, 2.45) is 0 Å². The number of aryl methyl sites for hydroxylation is 1. The molecule has 0 saturated carbocycles. The van der Waals surface area contributed by atoms with Crippen molar-refractivity contribution in [3.8, 4) is 0 Å². The minimum Gasteiger partial charge on any atom is -0.444 e. The molecule has 1 aromatic rings. The Morgan fingerprint density at radius 3 is 2.00 bits per heavy atom. The molecule has 1 saturated heterocycles. The minimum atomic E-state index is -0.527. The Morgan fingerprint density at radius 2 is 1.46 bits per heavy atom. The third-order valence-electron chi connectivity index (χ3n) is 4.22. The van der Waals surface area contributed by atoms with Crippen molar-refractivity contribution in [2.75, 3.05) is 26.2 Å². The molecule has 2 rings (SSSR count). The smallest absolute Gasteiger partial charge is 0.410 e. The van der Waals surface area contributed by atoms with E-state index in [4.69, 9.17) is 4.74 Å². The maximum Gasteiger partial charge on any atom is 0.410 e. The van der Waals surface area contributed by atoms with E-state index in [9.17, 15) is 14.4 Å². The third-order valence-corrected chi connectivity index (χ3v) is 4.22. The topological polar surface area (TPSA) is 66.9 Å². The Kier molecular flexibility index (Phi) is 6.40. The molecular formula is C20H28N2O4. The maximum absolute atomic E-state index is 12.3. The first kappa shape index (κ1) is 19.9. The predicted molar refractivity (Wildman–Crippen MR) is 99.1 cm³/mol. The second-order valence-corrected chi connectivity index (χ2v) is 7.64. The van der Waals surface area contributed by atoms with Crippen LogP contribution < -0.4 is 0 Å². The molecule has 0 aliphatic carbocycles. The maximum atomic E-state index is 12.3. The molecule has 2 amide bonds. The number of ether oxygens (including phenoxy) is 1. The first-order chi connectivity index (χ1) is 12.2. The SMILES string of the molecule is Cc1ccc(C(=O)CCC(=O)N2CCN(C(=O)OC(C)(C)C)CC2)cc1. The van der Waals surface area contributed by atoms with E-state index < -0.39 is 5.60 Å². The average Bonchev–Trinajstić information content (AvgIpc) is 2.58. The summed E-state index contributed by atoms with van der Waals surface area (Å²) >= 11 is 0. The van der Waals surface area contributed by atoms with E-state index in [1.807, 2.05) is 39.8 Å². The molecule has 0 unspecified atom stereocenters. The quantitative estimate of drug-likeness (QED) is 0.774. The molecule has 0 N–H and O–H groups in total. The van der Waals surface area contributed by atoms with Crippen LogP contribution in [0.4, 0.5) is 4.79 Å². The summed E-state index contributed by atoms with van der Waals surface area (Å²) < 4.78 is 5.35. The van der Waals surface area contributed by atoms with Gasteiger partial charge in [0.25, 0.3) is 0 Å². The molecule has 1 aromatic carbocycles. The zero-order valence-electron chi connectivity index (χ0n) is 16.1. The fraction of sp³-hybridized carbons (Fsp3) is 0.550. The highest BCUT2D eigenvalue weighted by molar-refractivity contribution is 5.98. The summed E-state index contributed by atoms with van der Waals surface area (Å²) in [5.74, 6) is -0.0694. The highest BCUT2D eigenvalue weighted by Crippen LogP contribution is 2.13. The van der Waals surface area contributed by atoms with Gasteiger partial charge in [0.15, 0.2) is 5.78 Å². The first-order valence-electron chi connectivity index (χ1n) is 9.01. The Balaban J connectivity index is 1.77. The van der Waals surface area contributed by atoms with Crippen LogP contribution in [0, 0.1) is 6.92 Å². The van der Waals surface area contributed by atoms with Crippen molar-refractivity contribution in [1.82, 2.24) is 9.80 Å². The molecule has 1 heterocycles. The molecule has 142 valence electrons. The lowest BCUT2D eigenvalue weighted by atomic mass is 10.0. The van der Waals surface area contributed by atoms with Crippen molar-refractivity contribution in [3.63, 3.8) is 0 Å². The van der Waals surface area contributed by atoms with Crippen molar-refractivity contribution >= 4 is 17.8 Å². The second kappa shape index (κ2) is 8.34. The van der Waals surface area contributed by atoms with Crippen molar-refractivity contribution < 1.29 is 19.1 Å². The largest absolute Gasteiger partial charge is 0.444 e. The molecular weight excluding hydrogens is 332 g/mol. The predicted octanol–water partition coefficient (Wildman–Crippen LogP) is 3.04. The van der Waals surface area contributed by atoms with Crippen molar-refractivity contribution in [3.05, 3.63) is 35.4 Å². The van der Waals surface area contributed by atoms with Gasteiger partial charge < -0.3 is 14.5 Å². The Hall–Kier alpha value is -2.37. The normalized spacial score (nSPS) is 14.9. The summed E-state index contributed by atoms with van der Waals surface area (Å²) in [4.78, 5) is 39.9. The number of nitrogens with zero attached hydrogens (tertiary/aromatic N) is 2. The van der Waals surface area contributed by atoms with E-state index in [1.54, 1.807) is 21.9 Å². The summed E-state index contributed by atoms with van der Waals surface area (Å²) in [6, 6.07) is 7.37. The van der Waals surface area contributed by atoms with Gasteiger partial charge in [0, 0.05) is 44.6 Å². The highest BCUT2D eigenvalue weighted by Gasteiger charge is 2.27. The average molecular weight is 360 g/mol. The molecule has 1 fully saturated rings. The number of hydrogen-bond donors (Lipinski definition) is 0. The fourth-order valence-electron chi connectivity index (χ4n) is 2.73. The molecule has 0 bridgehead atoms. The number of benzene rings is 1. The fourth-order valence-corrected chi connectivity index (χ4v) is 2.73. The van der Waals surface area contributed by atoms with E-state index in [-0.39, 0.29) is 30.6 Å². The van der Waals surface area contributed by atoms with Gasteiger partial charge in [-0.25, -0.2) is 4.79 Å². The molecule has 26 heavy (non-hydrogen) atoms. The van der Waals surface area contributed by atoms with Crippen molar-refractivity contribution in [1.29, 1.82) is 0 Å². The van der Waals surface area contributed by atoms with Gasteiger partial charge in [0.1, 0.15) is 5.60 Å². The monoisotopic (exact) mass is 360 g/mol. The first-order valence-corrected chi connectivity index (χ1v) is 9.01. The molecule has 1 aliphatic rings. The standard InChI is InChI=1S/C20H28N2O4/c1-15-5-7-16(8-6-15)17(23)9-10-18(24)21-11-13-22(14-12-21)19(25)26-20(2,3)4/h5-8H,9-14H2,1-4H3. The van der Waals surface area contributed by atoms with Gasteiger partial charge >= 0.3 is 6.09 Å². The molecule has 6 heteroatoms. The number of Topliss-reactive ketones (excluding diaryl/α,β-unsaturated/α-hetero) is 1. The lowest BCUT2D eigenvalue weighted by Gasteiger charge is -2.35. The molecule has 6 nitrogen and oxygen atoms in total. The van der Waals surface area contributed by atoms with E-state index >= 15 is 0 Å². The van der Waals surface area contributed by atoms with Crippen LogP contribution in [0.1, 0.15) is 49.5 Å². The zero-order chi connectivity index (χ0) is 19.3. The lowest BCUT2D eigenvalue weighted by molar-refractivity contribution is -0.132. The molecule has 0 aromatic heterocycles. The van der Waals surface area contributed by atoms with Crippen LogP contribution in [-0.2, 0) is 9.53 Å². The minimum absolute atomic E-state index is 0.0225. The molecule has 0 spiro atoms. The zero-order valence-corrected chi connectivity index (χ0v) is 16.1. The van der Waals surface area contributed by atoms with Crippen LogP contribution in [0.25, 0.3) is 0 Å². The van der Waals surface area contributed by atoms with Crippen LogP contribution in [0.3, 0.4) is 0 Å². The van der Waals surface area contributed by atoms with Gasteiger partial charge in [0.2, 0.25) is 5.91 Å². The third kappa shape index (κ3) is 5.86. The Bertz CT molecular complexity index is 653. The number of carbonyl (C=O) groups excluding carboxylic acids is 3. The highest BCUT2D eigenvalue weighted by atomic mass is 16.6. The van der Waals surface area contributed by atoms with E-state index in [2.05, 4.69) is 0 Å². The van der Waals surface area contributed by atoms with Gasteiger partial charge in [-0.3, -0.25) is 9.59 Å². The number of piperazine rings is 1. The summed E-state index contributed by atoms with van der Waals surface area (Å²) in [7, 11) is 0. The molecule has 1 aliphatic heterocycles. The van der Waals surface area contributed by atoms with E-state index in [0.29, 0.717) is 31.7 Å². The van der Waals surface area contributed by atoms with Crippen LogP contribution in [0.2, 0.25) is 0 Å². The summed E-state index contributed by atoms with van der Waals surface area (Å²) in [6.45, 7) is 9.29. The van der Waals surface area contributed by atoms with Crippen LogP contribution in [-0.4, -0.2) is 59.4 Å². The van der Waals surface area contributed by atoms with E-state index in [0.717, 1.165) is 5.56 Å². The van der Waals surface area contributed by atoms with Gasteiger partial charge in [-0.15, -0.1) is 0 Å². The van der Waals surface area contributed by atoms with Crippen LogP contribution in [0.5, 0.6) is 0 Å². The van der Waals surface area contributed by atoms with Crippen molar-refractivity contribution in [2.45, 2.75) is 46.1 Å². The van der Waals surface area contributed by atoms with Gasteiger partial charge in [0.05, 0.1) is 0 Å². The van der Waals surface area contributed by atoms with Crippen LogP contribution >= 0.6 is 0 Å².